The van der Waals surface area contributed by atoms with Gasteiger partial charge >= 0.3 is 0 Å². The maximum absolute atomic E-state index is 12.9. The lowest BCUT2D eigenvalue weighted by molar-refractivity contribution is -0.139. The van der Waals surface area contributed by atoms with Gasteiger partial charge in [-0.15, -0.1) is 0 Å². The average molecular weight is 438 g/mol. The highest BCUT2D eigenvalue weighted by atomic mass is 16.2. The molecule has 0 atom stereocenters. The lowest BCUT2D eigenvalue weighted by Gasteiger charge is -2.33. The standard InChI is InChI=1S/C27H39N3O2/c31-26(14-11-23-9-12-25(13-10-23)28-17-5-1-2-6-18-28)29-21-15-24(16-22-29)27(32)30-19-7-3-4-8-20-30/h9-14,24H,1-8,15-22H2/b14-11+. The molecule has 0 aliphatic carbocycles. The topological polar surface area (TPSA) is 43.9 Å². The molecule has 0 saturated carbocycles. The molecule has 4 rings (SSSR count). The van der Waals surface area contributed by atoms with Gasteiger partial charge in [-0.25, -0.2) is 0 Å². The van der Waals surface area contributed by atoms with Crippen molar-refractivity contribution in [2.75, 3.05) is 44.2 Å². The summed E-state index contributed by atoms with van der Waals surface area (Å²) in [4.78, 5) is 32.0. The van der Waals surface area contributed by atoms with Crippen LogP contribution >= 0.6 is 0 Å². The molecule has 0 spiro atoms. The van der Waals surface area contributed by atoms with Crippen molar-refractivity contribution in [1.82, 2.24) is 9.80 Å². The zero-order valence-corrected chi connectivity index (χ0v) is 19.5. The number of carbonyl (C=O) groups is 2. The molecule has 3 heterocycles. The first-order chi connectivity index (χ1) is 15.7. The summed E-state index contributed by atoms with van der Waals surface area (Å²) in [5.41, 5.74) is 2.34. The second kappa shape index (κ2) is 11.5. The SMILES string of the molecule is O=C(/C=C/c1ccc(N2CCCCCC2)cc1)N1CCC(C(=O)N2CCCCCC2)CC1. The summed E-state index contributed by atoms with van der Waals surface area (Å²) >= 11 is 0. The Kier molecular flexibility index (Phi) is 8.24. The molecule has 1 aromatic rings. The molecule has 5 heteroatoms. The summed E-state index contributed by atoms with van der Waals surface area (Å²) in [5, 5.41) is 0. The summed E-state index contributed by atoms with van der Waals surface area (Å²) in [5.74, 6) is 0.467. The van der Waals surface area contributed by atoms with Crippen LogP contribution in [0, 0.1) is 5.92 Å². The number of rotatable bonds is 4. The molecule has 0 aromatic heterocycles. The van der Waals surface area contributed by atoms with Crippen LogP contribution in [0.15, 0.2) is 30.3 Å². The van der Waals surface area contributed by atoms with Crippen molar-refractivity contribution in [3.63, 3.8) is 0 Å². The Morgan fingerprint density at radius 3 is 1.84 bits per heavy atom. The molecule has 174 valence electrons. The van der Waals surface area contributed by atoms with Gasteiger partial charge in [0.1, 0.15) is 0 Å². The van der Waals surface area contributed by atoms with Crippen LogP contribution in [-0.2, 0) is 9.59 Å². The fraction of sp³-hybridized carbons (Fsp3) is 0.630. The number of hydrogen-bond donors (Lipinski definition) is 0. The number of likely N-dealkylation sites (tertiary alicyclic amines) is 2. The van der Waals surface area contributed by atoms with E-state index in [0.717, 1.165) is 57.4 Å². The van der Waals surface area contributed by atoms with E-state index in [1.165, 1.54) is 44.2 Å². The Morgan fingerprint density at radius 1 is 0.688 bits per heavy atom. The number of benzene rings is 1. The summed E-state index contributed by atoms with van der Waals surface area (Å²) in [6, 6.07) is 8.57. The first kappa shape index (κ1) is 22.9. The fourth-order valence-corrected chi connectivity index (χ4v) is 5.29. The normalized spacial score (nSPS) is 21.4. The summed E-state index contributed by atoms with van der Waals surface area (Å²) in [6.07, 6.45) is 15.2. The van der Waals surface area contributed by atoms with E-state index >= 15 is 0 Å². The fourth-order valence-electron chi connectivity index (χ4n) is 5.29. The number of amides is 2. The molecule has 0 N–H and O–H groups in total. The Labute approximate surface area is 193 Å². The molecule has 3 aliphatic heterocycles. The average Bonchev–Trinajstić information content (AvgIpc) is 3.28. The van der Waals surface area contributed by atoms with Gasteiger partial charge in [0, 0.05) is 56.9 Å². The van der Waals surface area contributed by atoms with Gasteiger partial charge in [0.15, 0.2) is 0 Å². The Bertz CT molecular complexity index is 765. The van der Waals surface area contributed by atoms with E-state index < -0.39 is 0 Å². The van der Waals surface area contributed by atoms with E-state index in [1.807, 2.05) is 11.0 Å². The van der Waals surface area contributed by atoms with Crippen molar-refractivity contribution in [1.29, 1.82) is 0 Å². The zero-order chi connectivity index (χ0) is 22.2. The molecule has 5 nitrogen and oxygen atoms in total. The van der Waals surface area contributed by atoms with E-state index in [9.17, 15) is 9.59 Å². The van der Waals surface area contributed by atoms with Gasteiger partial charge < -0.3 is 14.7 Å². The van der Waals surface area contributed by atoms with Gasteiger partial charge in [-0.2, -0.15) is 0 Å². The molecule has 3 saturated heterocycles. The van der Waals surface area contributed by atoms with E-state index in [0.29, 0.717) is 19.0 Å². The van der Waals surface area contributed by atoms with E-state index in [4.69, 9.17) is 0 Å². The van der Waals surface area contributed by atoms with Gasteiger partial charge in [-0.3, -0.25) is 9.59 Å². The zero-order valence-electron chi connectivity index (χ0n) is 19.5. The molecule has 0 unspecified atom stereocenters. The molecule has 32 heavy (non-hydrogen) atoms. The summed E-state index contributed by atoms with van der Waals surface area (Å²) in [6.45, 7) is 5.48. The lowest BCUT2D eigenvalue weighted by Crippen LogP contribution is -2.44. The largest absolute Gasteiger partial charge is 0.372 e. The van der Waals surface area contributed by atoms with Crippen molar-refractivity contribution >= 4 is 23.6 Å². The second-order valence-electron chi connectivity index (χ2n) is 9.67. The minimum absolute atomic E-state index is 0.0577. The van der Waals surface area contributed by atoms with Crippen LogP contribution in [0.1, 0.15) is 69.8 Å². The minimum Gasteiger partial charge on any atom is -0.372 e. The maximum atomic E-state index is 12.9. The molecule has 3 fully saturated rings. The van der Waals surface area contributed by atoms with E-state index in [-0.39, 0.29) is 11.8 Å². The number of piperidine rings is 1. The van der Waals surface area contributed by atoms with Crippen LogP contribution in [-0.4, -0.2) is 60.9 Å². The van der Waals surface area contributed by atoms with Crippen molar-refractivity contribution in [3.8, 4) is 0 Å². The second-order valence-corrected chi connectivity index (χ2v) is 9.67. The quantitative estimate of drug-likeness (QED) is 0.640. The molecule has 0 bridgehead atoms. The third-order valence-electron chi connectivity index (χ3n) is 7.36. The van der Waals surface area contributed by atoms with Gasteiger partial charge in [0.25, 0.3) is 0 Å². The number of hydrogen-bond acceptors (Lipinski definition) is 3. The lowest BCUT2D eigenvalue weighted by atomic mass is 9.95. The predicted octanol–water partition coefficient (Wildman–Crippen LogP) is 4.72. The number of carbonyl (C=O) groups excluding carboxylic acids is 2. The molecule has 2 amide bonds. The van der Waals surface area contributed by atoms with Crippen LogP contribution in [0.2, 0.25) is 0 Å². The highest BCUT2D eigenvalue weighted by Gasteiger charge is 2.29. The molecule has 3 aliphatic rings. The van der Waals surface area contributed by atoms with Gasteiger partial charge in [-0.1, -0.05) is 37.8 Å². The van der Waals surface area contributed by atoms with Gasteiger partial charge in [-0.05, 0) is 62.3 Å². The van der Waals surface area contributed by atoms with Crippen LogP contribution in [0.4, 0.5) is 5.69 Å². The first-order valence-corrected chi connectivity index (χ1v) is 12.8. The highest BCUT2D eigenvalue weighted by Crippen LogP contribution is 2.23. The summed E-state index contributed by atoms with van der Waals surface area (Å²) < 4.78 is 0. The first-order valence-electron chi connectivity index (χ1n) is 12.8. The van der Waals surface area contributed by atoms with Crippen LogP contribution < -0.4 is 4.90 Å². The van der Waals surface area contributed by atoms with Crippen LogP contribution in [0.3, 0.4) is 0 Å². The smallest absolute Gasteiger partial charge is 0.246 e. The molecular formula is C27H39N3O2. The van der Waals surface area contributed by atoms with E-state index in [1.54, 1.807) is 6.08 Å². The molecular weight excluding hydrogens is 398 g/mol. The van der Waals surface area contributed by atoms with Gasteiger partial charge in [0.05, 0.1) is 0 Å². The van der Waals surface area contributed by atoms with Crippen molar-refractivity contribution in [2.24, 2.45) is 5.92 Å². The third-order valence-corrected chi connectivity index (χ3v) is 7.36. The number of anilines is 1. The highest BCUT2D eigenvalue weighted by molar-refractivity contribution is 5.92. The van der Waals surface area contributed by atoms with Crippen molar-refractivity contribution < 1.29 is 9.59 Å². The minimum atomic E-state index is 0.0577. The Morgan fingerprint density at radius 2 is 1.25 bits per heavy atom. The van der Waals surface area contributed by atoms with Crippen molar-refractivity contribution in [3.05, 3.63) is 35.9 Å². The monoisotopic (exact) mass is 437 g/mol. The predicted molar refractivity (Wildman–Crippen MR) is 131 cm³/mol. The van der Waals surface area contributed by atoms with Crippen LogP contribution in [0.25, 0.3) is 6.08 Å². The molecule has 1 aromatic carbocycles. The van der Waals surface area contributed by atoms with Crippen LogP contribution in [0.5, 0.6) is 0 Å². The Balaban J connectivity index is 1.25. The van der Waals surface area contributed by atoms with Gasteiger partial charge in [0.2, 0.25) is 11.8 Å². The van der Waals surface area contributed by atoms with E-state index in [2.05, 4.69) is 34.1 Å². The Hall–Kier alpha value is -2.30. The van der Waals surface area contributed by atoms with Crippen molar-refractivity contribution in [2.45, 2.75) is 64.2 Å². The summed E-state index contributed by atoms with van der Waals surface area (Å²) in [7, 11) is 0. The number of nitrogens with zero attached hydrogens (tertiary/aromatic N) is 3. The third kappa shape index (κ3) is 6.14. The molecule has 0 radical (unpaired) electrons. The maximum Gasteiger partial charge on any atom is 0.246 e.